The monoisotopic (exact) mass is 620 g/mol. The second-order valence-electron chi connectivity index (χ2n) is 10.6. The molecule has 9 nitrogen and oxygen atoms in total. The molecular formula is C32H36N4O5S2. The highest BCUT2D eigenvalue weighted by atomic mass is 32.2. The van der Waals surface area contributed by atoms with Gasteiger partial charge in [-0.2, -0.15) is 0 Å². The zero-order chi connectivity index (χ0) is 29.8. The number of anilines is 2. The minimum atomic E-state index is -3.78. The fourth-order valence-corrected chi connectivity index (χ4v) is 8.21. The number of hydrogen-bond donors (Lipinski definition) is 0. The summed E-state index contributed by atoms with van der Waals surface area (Å²) in [6, 6.07) is 19.7. The fourth-order valence-electron chi connectivity index (χ4n) is 5.66. The molecule has 1 amide bonds. The molecule has 11 heteroatoms. The molecule has 1 saturated heterocycles. The van der Waals surface area contributed by atoms with E-state index in [4.69, 9.17) is 14.5 Å². The smallest absolute Gasteiger partial charge is 0.264 e. The van der Waals surface area contributed by atoms with Crippen LogP contribution in [0.1, 0.15) is 35.7 Å². The number of amides is 1. The maximum absolute atomic E-state index is 14.0. The van der Waals surface area contributed by atoms with E-state index >= 15 is 0 Å². The first-order valence-corrected chi connectivity index (χ1v) is 17.1. The van der Waals surface area contributed by atoms with Crippen LogP contribution in [0.3, 0.4) is 0 Å². The number of carbonyl (C=O) groups is 1. The Labute approximate surface area is 256 Å². The number of benzene rings is 3. The summed E-state index contributed by atoms with van der Waals surface area (Å²) in [7, 11) is -3.78. The van der Waals surface area contributed by atoms with Crippen molar-refractivity contribution < 1.29 is 22.7 Å². The summed E-state index contributed by atoms with van der Waals surface area (Å²) in [5, 5.41) is 0.593. The van der Waals surface area contributed by atoms with Crippen molar-refractivity contribution >= 4 is 48.3 Å². The summed E-state index contributed by atoms with van der Waals surface area (Å²) in [5.74, 6) is 0.475. The molecule has 1 fully saturated rings. The van der Waals surface area contributed by atoms with Crippen molar-refractivity contribution in [3.05, 3.63) is 77.9 Å². The van der Waals surface area contributed by atoms with Crippen LogP contribution in [0.25, 0.3) is 10.2 Å². The number of sulfonamides is 1. The van der Waals surface area contributed by atoms with Gasteiger partial charge in [0.25, 0.3) is 15.9 Å². The molecule has 0 saturated carbocycles. The van der Waals surface area contributed by atoms with Crippen LogP contribution in [0.5, 0.6) is 5.75 Å². The summed E-state index contributed by atoms with van der Waals surface area (Å²) in [6.45, 7) is 7.40. The van der Waals surface area contributed by atoms with Crippen molar-refractivity contribution in [3.8, 4) is 5.75 Å². The first-order valence-electron chi connectivity index (χ1n) is 14.8. The molecule has 0 spiro atoms. The Hall–Kier alpha value is -3.51. The molecular weight excluding hydrogens is 585 g/mol. The predicted octanol–water partition coefficient (Wildman–Crippen LogP) is 5.21. The minimum absolute atomic E-state index is 0.168. The van der Waals surface area contributed by atoms with Crippen molar-refractivity contribution in [2.24, 2.45) is 0 Å². The number of thiazole rings is 1. The molecule has 0 atom stereocenters. The van der Waals surface area contributed by atoms with E-state index in [0.717, 1.165) is 73.6 Å². The summed E-state index contributed by atoms with van der Waals surface area (Å²) in [5.41, 5.74) is 2.90. The first-order chi connectivity index (χ1) is 21.0. The van der Waals surface area contributed by atoms with E-state index in [-0.39, 0.29) is 10.8 Å². The highest BCUT2D eigenvalue weighted by molar-refractivity contribution is 7.92. The summed E-state index contributed by atoms with van der Waals surface area (Å²) in [4.78, 5) is 23.1. The van der Waals surface area contributed by atoms with E-state index < -0.39 is 10.0 Å². The fraction of sp³-hybridized carbons (Fsp3) is 0.375. The second kappa shape index (κ2) is 13.0. The molecule has 0 unspecified atom stereocenters. The third kappa shape index (κ3) is 6.26. The minimum Gasteiger partial charge on any atom is -0.492 e. The van der Waals surface area contributed by atoms with Gasteiger partial charge in [-0.05, 0) is 74.2 Å². The van der Waals surface area contributed by atoms with Crippen LogP contribution in [-0.2, 0) is 21.2 Å². The summed E-state index contributed by atoms with van der Waals surface area (Å²) >= 11 is 1.45. The summed E-state index contributed by atoms with van der Waals surface area (Å²) in [6.07, 6.45) is 2.38. The van der Waals surface area contributed by atoms with E-state index in [2.05, 4.69) is 4.90 Å². The van der Waals surface area contributed by atoms with Gasteiger partial charge >= 0.3 is 0 Å². The number of nitrogens with zero attached hydrogens (tertiary/aromatic N) is 4. The van der Waals surface area contributed by atoms with Gasteiger partial charge in [0.15, 0.2) is 5.13 Å². The number of rotatable bonds is 10. The van der Waals surface area contributed by atoms with Gasteiger partial charge in [0, 0.05) is 38.3 Å². The van der Waals surface area contributed by atoms with Crippen LogP contribution >= 0.6 is 11.3 Å². The van der Waals surface area contributed by atoms with Gasteiger partial charge in [0.1, 0.15) is 11.3 Å². The Morgan fingerprint density at radius 1 is 1.02 bits per heavy atom. The summed E-state index contributed by atoms with van der Waals surface area (Å²) < 4.78 is 41.0. The van der Waals surface area contributed by atoms with Gasteiger partial charge < -0.3 is 9.47 Å². The molecule has 43 heavy (non-hydrogen) atoms. The van der Waals surface area contributed by atoms with E-state index in [1.807, 2.05) is 49.4 Å². The lowest BCUT2D eigenvalue weighted by Gasteiger charge is -2.30. The average Bonchev–Trinajstić information content (AvgIpc) is 3.48. The van der Waals surface area contributed by atoms with Crippen molar-refractivity contribution in [3.63, 3.8) is 0 Å². The highest BCUT2D eigenvalue weighted by Gasteiger charge is 2.30. The second-order valence-corrected chi connectivity index (χ2v) is 13.5. The van der Waals surface area contributed by atoms with Crippen LogP contribution in [0.4, 0.5) is 10.8 Å². The first kappa shape index (κ1) is 29.6. The van der Waals surface area contributed by atoms with E-state index in [1.165, 1.54) is 27.8 Å². The number of hydrogen-bond acceptors (Lipinski definition) is 8. The Morgan fingerprint density at radius 2 is 1.81 bits per heavy atom. The van der Waals surface area contributed by atoms with Crippen LogP contribution in [0.15, 0.2) is 71.6 Å². The Kier molecular flexibility index (Phi) is 8.94. The molecule has 3 aromatic carbocycles. The molecule has 2 aliphatic rings. The number of ether oxygens (including phenoxy) is 2. The van der Waals surface area contributed by atoms with Crippen LogP contribution in [-0.4, -0.2) is 76.8 Å². The zero-order valence-electron chi connectivity index (χ0n) is 24.3. The largest absolute Gasteiger partial charge is 0.492 e. The quantitative estimate of drug-likeness (QED) is 0.241. The van der Waals surface area contributed by atoms with Crippen LogP contribution < -0.4 is 13.9 Å². The average molecular weight is 621 g/mol. The molecule has 0 radical (unpaired) electrons. The van der Waals surface area contributed by atoms with Crippen LogP contribution in [0.2, 0.25) is 0 Å². The molecule has 2 aliphatic heterocycles. The van der Waals surface area contributed by atoms with Gasteiger partial charge in [-0.3, -0.25) is 18.9 Å². The van der Waals surface area contributed by atoms with Crippen LogP contribution in [0, 0.1) is 0 Å². The molecule has 226 valence electrons. The predicted molar refractivity (Wildman–Crippen MR) is 170 cm³/mol. The number of aryl methyl sites for hydroxylation is 1. The molecule has 0 bridgehead atoms. The lowest BCUT2D eigenvalue weighted by molar-refractivity contribution is 0.0376. The van der Waals surface area contributed by atoms with Gasteiger partial charge in [-0.1, -0.05) is 35.6 Å². The maximum Gasteiger partial charge on any atom is 0.264 e. The Balaban J connectivity index is 1.26. The standard InChI is InChI=1S/C32H36N4O5S2/c1-2-41-28-11-5-12-29-30(28)33-32(42-29)35(18-7-17-34-20-22-40-23-21-34)31(37)25-13-15-26(16-14-25)43(38,39)36-19-6-9-24-8-3-4-10-27(24)36/h3-5,8,10-16H,2,6-7,9,17-23H2,1H3. The van der Waals surface area contributed by atoms with Crippen molar-refractivity contribution in [2.75, 3.05) is 61.7 Å². The Bertz CT molecular complexity index is 1680. The lowest BCUT2D eigenvalue weighted by Crippen LogP contribution is -2.39. The highest BCUT2D eigenvalue weighted by Crippen LogP contribution is 2.35. The Morgan fingerprint density at radius 3 is 2.60 bits per heavy atom. The van der Waals surface area contributed by atoms with E-state index in [0.29, 0.717) is 36.1 Å². The number of fused-ring (bicyclic) bond motifs is 2. The molecule has 3 heterocycles. The van der Waals surface area contributed by atoms with Gasteiger partial charge in [-0.15, -0.1) is 0 Å². The lowest BCUT2D eigenvalue weighted by atomic mass is 10.0. The molecule has 0 N–H and O–H groups in total. The topological polar surface area (TPSA) is 92.3 Å². The third-order valence-electron chi connectivity index (χ3n) is 7.86. The molecule has 1 aromatic heterocycles. The number of morpholine rings is 1. The van der Waals surface area contributed by atoms with E-state index in [1.54, 1.807) is 17.0 Å². The van der Waals surface area contributed by atoms with Gasteiger partial charge in [0.2, 0.25) is 0 Å². The molecule has 6 rings (SSSR count). The zero-order valence-corrected chi connectivity index (χ0v) is 25.9. The maximum atomic E-state index is 14.0. The number of carbonyl (C=O) groups excluding carboxylic acids is 1. The molecule has 4 aromatic rings. The van der Waals surface area contributed by atoms with Crippen molar-refractivity contribution in [2.45, 2.75) is 31.1 Å². The molecule has 0 aliphatic carbocycles. The van der Waals surface area contributed by atoms with Crippen molar-refractivity contribution in [1.29, 1.82) is 0 Å². The van der Waals surface area contributed by atoms with Crippen molar-refractivity contribution in [1.82, 2.24) is 9.88 Å². The van der Waals surface area contributed by atoms with Gasteiger partial charge in [0.05, 0.1) is 35.1 Å². The van der Waals surface area contributed by atoms with Gasteiger partial charge in [-0.25, -0.2) is 13.4 Å². The third-order valence-corrected chi connectivity index (χ3v) is 10.7. The normalized spacial score (nSPS) is 15.8. The number of aromatic nitrogens is 1. The SMILES string of the molecule is CCOc1cccc2sc(N(CCCN3CCOCC3)C(=O)c3ccc(S(=O)(=O)N4CCCc5ccccc54)cc3)nc12. The number of para-hydroxylation sites is 2. The van der Waals surface area contributed by atoms with E-state index in [9.17, 15) is 13.2 Å².